The summed E-state index contributed by atoms with van der Waals surface area (Å²) in [7, 11) is -4.41. The molecule has 1 aliphatic rings. The van der Waals surface area contributed by atoms with Gasteiger partial charge < -0.3 is 24.8 Å². The van der Waals surface area contributed by atoms with E-state index in [4.69, 9.17) is 16.4 Å². The monoisotopic (exact) mass is 519 g/mol. The molecule has 14 nitrogen and oxygen atoms in total. The number of hydrogen-bond acceptors (Lipinski definition) is 12. The Labute approximate surface area is 212 Å². The zero-order chi connectivity index (χ0) is 23.3. The first kappa shape index (κ1) is 28.2. The van der Waals surface area contributed by atoms with E-state index in [0.29, 0.717) is 0 Å². The molecule has 0 aromatic carbocycles. The first-order valence-corrected chi connectivity index (χ1v) is 11.0. The van der Waals surface area contributed by atoms with Crippen LogP contribution in [0.2, 0.25) is 0 Å². The molecular weight excluding hydrogens is 505 g/mol. The number of anilines is 1. The molecule has 2 rings (SSSR count). The predicted octanol–water partition coefficient (Wildman–Crippen LogP) is -4.61. The van der Waals surface area contributed by atoms with Crippen molar-refractivity contribution >= 4 is 67.8 Å². The van der Waals surface area contributed by atoms with Crippen molar-refractivity contribution in [3.8, 4) is 0 Å². The topological polar surface area (TPSA) is 196 Å². The summed E-state index contributed by atoms with van der Waals surface area (Å²) in [6.45, 7) is 1.64. The van der Waals surface area contributed by atoms with Crippen LogP contribution in [0.25, 0.3) is 0 Å². The average Bonchev–Trinajstić information content (AvgIpc) is 3.16. The molecule has 1 fully saturated rings. The van der Waals surface area contributed by atoms with Crippen molar-refractivity contribution in [1.82, 2.24) is 14.6 Å². The fourth-order valence-electron chi connectivity index (χ4n) is 2.34. The van der Waals surface area contributed by atoms with Crippen molar-refractivity contribution in [2.24, 2.45) is 5.16 Å². The molecule has 0 bridgehead atoms. The van der Waals surface area contributed by atoms with E-state index in [1.54, 1.807) is 6.92 Å². The van der Waals surface area contributed by atoms with Gasteiger partial charge in [-0.3, -0.25) is 14.4 Å². The molecule has 0 aliphatic carbocycles. The van der Waals surface area contributed by atoms with Crippen molar-refractivity contribution in [3.63, 3.8) is 0 Å². The molecule has 2 unspecified atom stereocenters. The first-order valence-electron chi connectivity index (χ1n) is 8.24. The Kier molecular flexibility index (Phi) is 10.5. The summed E-state index contributed by atoms with van der Waals surface area (Å²) in [6, 6.07) is -3.59. The van der Waals surface area contributed by atoms with Gasteiger partial charge in [-0.05, 0) is 6.92 Å². The van der Waals surface area contributed by atoms with E-state index >= 15 is 0 Å². The number of methoxy groups -OCH3 is 1. The van der Waals surface area contributed by atoms with Gasteiger partial charge in [-0.15, -0.1) is 22.9 Å². The van der Waals surface area contributed by atoms with Crippen LogP contribution in [0.3, 0.4) is 0 Å². The van der Waals surface area contributed by atoms with E-state index < -0.39 is 51.8 Å². The Hall–Kier alpha value is -1.82. The minimum absolute atomic E-state index is 0. The number of thiazole rings is 1. The molecular formula is C14H15ClN5NaO9S2. The maximum atomic E-state index is 12.7. The van der Waals surface area contributed by atoms with Gasteiger partial charge >= 0.3 is 35.5 Å². The van der Waals surface area contributed by atoms with Crippen LogP contribution in [0.1, 0.15) is 12.6 Å². The smallest absolute Gasteiger partial charge is 0.731 e. The number of halogens is 1. The second kappa shape index (κ2) is 11.9. The predicted molar refractivity (Wildman–Crippen MR) is 104 cm³/mol. The van der Waals surface area contributed by atoms with E-state index in [9.17, 15) is 32.1 Å². The van der Waals surface area contributed by atoms with E-state index in [2.05, 4.69) is 25.5 Å². The van der Waals surface area contributed by atoms with Gasteiger partial charge in [0.1, 0.15) is 24.2 Å². The van der Waals surface area contributed by atoms with Crippen LogP contribution in [-0.4, -0.2) is 83.3 Å². The Morgan fingerprint density at radius 1 is 1.41 bits per heavy atom. The maximum Gasteiger partial charge on any atom is 1.00 e. The maximum absolute atomic E-state index is 12.7. The van der Waals surface area contributed by atoms with Crippen LogP contribution in [0.15, 0.2) is 10.5 Å². The molecule has 32 heavy (non-hydrogen) atoms. The Bertz CT molecular complexity index is 1030. The zero-order valence-corrected chi connectivity index (χ0v) is 21.2. The van der Waals surface area contributed by atoms with Crippen LogP contribution in [0.4, 0.5) is 5.13 Å². The number of amides is 3. The number of esters is 1. The number of nitrogens with zero attached hydrogens (tertiary/aromatic N) is 3. The third kappa shape index (κ3) is 6.37. The molecule has 18 heteroatoms. The number of nitrogens with one attached hydrogen (secondary N) is 2. The molecule has 0 radical (unpaired) electrons. The van der Waals surface area contributed by atoms with Crippen LogP contribution < -0.4 is 40.2 Å². The second-order valence-electron chi connectivity index (χ2n) is 5.59. The van der Waals surface area contributed by atoms with Gasteiger partial charge in [-0.1, -0.05) is 5.16 Å². The van der Waals surface area contributed by atoms with E-state index in [1.807, 2.05) is 0 Å². The molecule has 2 heterocycles. The number of alkyl halides is 1. The Morgan fingerprint density at radius 2 is 2.06 bits per heavy atom. The third-order valence-corrected chi connectivity index (χ3v) is 5.53. The van der Waals surface area contributed by atoms with Gasteiger partial charge in [0.15, 0.2) is 27.2 Å². The van der Waals surface area contributed by atoms with Crippen LogP contribution in [0, 0.1) is 0 Å². The normalized spacial score (nSPS) is 18.2. The summed E-state index contributed by atoms with van der Waals surface area (Å²) in [5, 5.41) is 9.53. The van der Waals surface area contributed by atoms with Crippen molar-refractivity contribution in [1.29, 1.82) is 0 Å². The average molecular weight is 520 g/mol. The molecule has 1 aromatic rings. The Balaban J connectivity index is 0.00000512. The number of ether oxygens (including phenoxy) is 1. The van der Waals surface area contributed by atoms with Crippen molar-refractivity contribution in [2.45, 2.75) is 19.0 Å². The molecule has 1 saturated heterocycles. The van der Waals surface area contributed by atoms with Crippen molar-refractivity contribution < 1.29 is 71.3 Å². The van der Waals surface area contributed by atoms with E-state index in [1.165, 1.54) is 5.38 Å². The molecule has 2 atom stereocenters. The number of β-lactam (4-membered cyclic amide) rings is 1. The molecule has 1 aliphatic heterocycles. The fraction of sp³-hybridized carbons (Fsp3) is 0.429. The van der Waals surface area contributed by atoms with Gasteiger partial charge in [0.05, 0.1) is 7.11 Å². The number of carbonyl (C=O) groups is 4. The molecule has 0 spiro atoms. The minimum Gasteiger partial charge on any atom is -0.731 e. The Morgan fingerprint density at radius 3 is 2.59 bits per heavy atom. The summed E-state index contributed by atoms with van der Waals surface area (Å²) in [4.78, 5) is 56.8. The third-order valence-electron chi connectivity index (χ3n) is 3.64. The van der Waals surface area contributed by atoms with Gasteiger partial charge in [0.25, 0.3) is 11.8 Å². The summed E-state index contributed by atoms with van der Waals surface area (Å²) >= 11 is 6.33. The number of oxime groups is 1. The van der Waals surface area contributed by atoms with Gasteiger partial charge in [-0.25, -0.2) is 22.5 Å². The minimum atomic E-state index is -5.32. The number of hydrogen-bond donors (Lipinski definition) is 2. The van der Waals surface area contributed by atoms with Gasteiger partial charge in [0.2, 0.25) is 5.91 Å². The molecule has 3 amide bonds. The molecule has 2 N–H and O–H groups in total. The molecule has 0 saturated carbocycles. The summed E-state index contributed by atoms with van der Waals surface area (Å²) < 4.78 is 37.9. The summed E-state index contributed by atoms with van der Waals surface area (Å²) in [5.41, 5.74) is -0.500. The van der Waals surface area contributed by atoms with E-state index in [-0.39, 0.29) is 57.2 Å². The largest absolute Gasteiger partial charge is 1.00 e. The molecule has 170 valence electrons. The van der Waals surface area contributed by atoms with Crippen LogP contribution in [0.5, 0.6) is 0 Å². The van der Waals surface area contributed by atoms with Gasteiger partial charge in [0, 0.05) is 5.38 Å². The number of rotatable bonds is 9. The summed E-state index contributed by atoms with van der Waals surface area (Å²) in [5.74, 6) is -4.50. The van der Waals surface area contributed by atoms with Gasteiger partial charge in [-0.2, -0.15) is 0 Å². The van der Waals surface area contributed by atoms with E-state index in [0.717, 1.165) is 18.4 Å². The first-order chi connectivity index (χ1) is 14.5. The fourth-order valence-corrected chi connectivity index (χ4v) is 3.94. The van der Waals surface area contributed by atoms with Crippen molar-refractivity contribution in [3.05, 3.63) is 11.1 Å². The summed E-state index contributed by atoms with van der Waals surface area (Å²) in [6.07, 6.45) is 0. The SMILES string of the molecule is CCON=C(C(=O)NC1C(=O)N(S(=O)(=O)[O-])C1C(=O)OC)c1csc(NC(=O)CCl)n1.[Na+]. The van der Waals surface area contributed by atoms with Crippen molar-refractivity contribution in [2.75, 3.05) is 24.9 Å². The standard InChI is InChI=1S/C14H16ClN5O9S2.Na/c1-3-29-19-8(6-5-30-14(16-6)17-7(21)4-15)11(22)18-9-10(13(24)28-2)20(12(9)23)31(25,26)27;/h5,9-10H,3-4H2,1-2H3,(H,18,22)(H,16,17,21)(H,25,26,27);/q;+1/p-1. The number of aromatic nitrogens is 1. The van der Waals surface area contributed by atoms with Crippen LogP contribution >= 0.6 is 22.9 Å². The second-order valence-corrected chi connectivity index (χ2v) is 7.96. The zero-order valence-electron chi connectivity index (χ0n) is 16.9. The number of carbonyl (C=O) groups excluding carboxylic acids is 4. The van der Waals surface area contributed by atoms with Crippen LogP contribution in [-0.2, 0) is 39.1 Å². The molecule has 1 aromatic heterocycles. The quantitative estimate of drug-likeness (QED) is 0.0609.